The summed E-state index contributed by atoms with van der Waals surface area (Å²) >= 11 is 6.81. The van der Waals surface area contributed by atoms with E-state index in [4.69, 9.17) is 16.3 Å². The molecule has 5 aliphatic rings. The lowest BCUT2D eigenvalue weighted by Gasteiger charge is -2.33. The maximum absolute atomic E-state index is 13.6. The third-order valence-corrected chi connectivity index (χ3v) is 16.6. The molecule has 0 bridgehead atoms. The highest BCUT2D eigenvalue weighted by molar-refractivity contribution is 6.32. The lowest BCUT2D eigenvalue weighted by atomic mass is 9.73. The zero-order valence-electron chi connectivity index (χ0n) is 43.8. The van der Waals surface area contributed by atoms with Gasteiger partial charge in [0.1, 0.15) is 23.3 Å². The first kappa shape index (κ1) is 51.9. The number of pyridine rings is 1. The third-order valence-electron chi connectivity index (χ3n) is 16.3. The highest BCUT2D eigenvalue weighted by Crippen LogP contribution is 2.45. The van der Waals surface area contributed by atoms with Crippen molar-refractivity contribution < 1.29 is 23.9 Å². The van der Waals surface area contributed by atoms with Crippen molar-refractivity contribution in [3.63, 3.8) is 0 Å². The monoisotopic (exact) mass is 1010 g/mol. The molecule has 73 heavy (non-hydrogen) atoms. The smallest absolute Gasteiger partial charge is 0.413 e. The van der Waals surface area contributed by atoms with Crippen LogP contribution in [0.25, 0.3) is 11.1 Å². The number of Topliss-reactive ketones (excluding diaryl/α,β-unsaturated/α-hetero) is 1. The van der Waals surface area contributed by atoms with Crippen LogP contribution in [0.5, 0.6) is 0 Å². The largest absolute Gasteiger partial charge is 0.444 e. The molecule has 4 heterocycles. The van der Waals surface area contributed by atoms with Crippen molar-refractivity contribution in [1.29, 1.82) is 0 Å². The van der Waals surface area contributed by atoms with Crippen LogP contribution in [0.1, 0.15) is 187 Å². The van der Waals surface area contributed by atoms with Crippen LogP contribution in [0, 0.1) is 17.8 Å². The molecule has 12 heteroatoms. The van der Waals surface area contributed by atoms with Gasteiger partial charge in [0.15, 0.2) is 5.78 Å². The zero-order valence-corrected chi connectivity index (χ0v) is 44.5. The van der Waals surface area contributed by atoms with Gasteiger partial charge in [-0.05, 0) is 193 Å². The second kappa shape index (κ2) is 22.7. The second-order valence-electron chi connectivity index (χ2n) is 22.7. The van der Waals surface area contributed by atoms with E-state index in [0.29, 0.717) is 59.7 Å². The summed E-state index contributed by atoms with van der Waals surface area (Å²) in [6.45, 7) is 10.1. The summed E-state index contributed by atoms with van der Waals surface area (Å²) in [5.74, 6) is 4.17. The van der Waals surface area contributed by atoms with Crippen molar-refractivity contribution in [2.24, 2.45) is 24.8 Å². The number of imide groups is 1. The van der Waals surface area contributed by atoms with Crippen molar-refractivity contribution in [2.45, 2.75) is 167 Å². The molecule has 11 nitrogen and oxygen atoms in total. The van der Waals surface area contributed by atoms with Gasteiger partial charge in [0.25, 0.3) is 0 Å². The molecule has 0 radical (unpaired) electrons. The molecule has 2 aromatic heterocycles. The molecule has 2 aromatic carbocycles. The average Bonchev–Trinajstić information content (AvgIpc) is 3.68. The first-order valence-electron chi connectivity index (χ1n) is 27.1. The summed E-state index contributed by atoms with van der Waals surface area (Å²) < 4.78 is 7.75. The van der Waals surface area contributed by atoms with Crippen LogP contribution in [0.2, 0.25) is 5.02 Å². The molecule has 9 rings (SSSR count). The van der Waals surface area contributed by atoms with E-state index in [1.807, 2.05) is 51.2 Å². The fourth-order valence-corrected chi connectivity index (χ4v) is 12.6. The number of carbonyl (C=O) groups excluding carboxylic acids is 4. The zero-order chi connectivity index (χ0) is 51.4. The van der Waals surface area contributed by atoms with Crippen LogP contribution in [0.3, 0.4) is 0 Å². The van der Waals surface area contributed by atoms with E-state index in [9.17, 15) is 19.2 Å². The predicted octanol–water partition coefficient (Wildman–Crippen LogP) is 14.3. The lowest BCUT2D eigenvalue weighted by Crippen LogP contribution is -2.47. The molecule has 3 amide bonds. The minimum Gasteiger partial charge on any atom is -0.444 e. The minimum atomic E-state index is -0.587. The maximum atomic E-state index is 13.6. The average molecular weight is 1010 g/mol. The van der Waals surface area contributed by atoms with Gasteiger partial charge in [-0.1, -0.05) is 79.1 Å². The lowest BCUT2D eigenvalue weighted by molar-refractivity contribution is -0.133. The fourth-order valence-electron chi connectivity index (χ4n) is 12.3. The van der Waals surface area contributed by atoms with E-state index < -0.39 is 17.7 Å². The quantitative estimate of drug-likeness (QED) is 0.0589. The number of piperidine rings is 1. The molecule has 4 N–H and O–H groups in total. The minimum absolute atomic E-state index is 0.149. The Kier molecular flexibility index (Phi) is 16.1. The van der Waals surface area contributed by atoms with E-state index in [2.05, 4.69) is 106 Å². The number of hydrogen-bond acceptors (Lipinski definition) is 8. The number of nitrogens with zero attached hydrogens (tertiary/aromatic N) is 2. The molecule has 386 valence electrons. The number of aromatic nitrogens is 2. The first-order chi connectivity index (χ1) is 35.0. The summed E-state index contributed by atoms with van der Waals surface area (Å²) in [7, 11) is 2.18. The van der Waals surface area contributed by atoms with Gasteiger partial charge in [0.2, 0.25) is 11.8 Å². The Hall–Kier alpha value is -5.94. The Morgan fingerprint density at radius 3 is 2.38 bits per heavy atom. The second-order valence-corrected chi connectivity index (χ2v) is 23.1. The van der Waals surface area contributed by atoms with Crippen LogP contribution < -0.4 is 21.3 Å². The van der Waals surface area contributed by atoms with Crippen molar-refractivity contribution in [3.8, 4) is 0 Å². The van der Waals surface area contributed by atoms with Gasteiger partial charge in [-0.15, -0.1) is 0 Å². The Morgan fingerprint density at radius 1 is 0.890 bits per heavy atom. The number of nitrogens with one attached hydrogen (secondary N) is 4. The number of ketones is 1. The number of benzene rings is 2. The Balaban J connectivity index is 0.717. The molecule has 0 spiro atoms. The highest BCUT2D eigenvalue weighted by Gasteiger charge is 2.32. The number of amides is 3. The Labute approximate surface area is 437 Å². The molecular formula is C61H75ClN6O5. The van der Waals surface area contributed by atoms with Crippen LogP contribution in [-0.4, -0.2) is 50.9 Å². The summed E-state index contributed by atoms with van der Waals surface area (Å²) in [6.07, 6.45) is 24.3. The molecule has 4 aromatic rings. The molecule has 1 saturated carbocycles. The van der Waals surface area contributed by atoms with E-state index in [1.54, 1.807) is 0 Å². The normalized spacial score (nSPS) is 24.0. The fraction of sp³-hybridized carbons (Fsp3) is 0.492. The third kappa shape index (κ3) is 12.9. The number of halogens is 1. The number of carbonyl (C=O) groups is 4. The van der Waals surface area contributed by atoms with Crippen LogP contribution in [0.15, 0.2) is 90.7 Å². The molecule has 2 fully saturated rings. The number of hydrogen-bond donors (Lipinski definition) is 4. The molecular weight excluding hydrogens is 932 g/mol. The van der Waals surface area contributed by atoms with Crippen LogP contribution >= 0.6 is 11.6 Å². The van der Waals surface area contributed by atoms with E-state index >= 15 is 0 Å². The van der Waals surface area contributed by atoms with Crippen LogP contribution in [-0.2, 0) is 21.4 Å². The maximum Gasteiger partial charge on any atom is 0.413 e. The number of allylic oxidation sites excluding steroid dienone is 4. The number of anilines is 3. The van der Waals surface area contributed by atoms with Gasteiger partial charge in [-0.3, -0.25) is 25.0 Å². The summed E-state index contributed by atoms with van der Waals surface area (Å²) in [4.78, 5) is 54.3. The Morgan fingerprint density at radius 2 is 1.68 bits per heavy atom. The van der Waals surface area contributed by atoms with Gasteiger partial charge in [-0.25, -0.2) is 9.78 Å². The molecule has 2 aliphatic heterocycles. The van der Waals surface area contributed by atoms with Crippen molar-refractivity contribution in [1.82, 2.24) is 14.9 Å². The number of ether oxygens (including phenoxy) is 1. The number of fused-ring (bicyclic) bond motifs is 1. The predicted molar refractivity (Wildman–Crippen MR) is 294 cm³/mol. The van der Waals surface area contributed by atoms with Gasteiger partial charge in [-0.2, -0.15) is 0 Å². The summed E-state index contributed by atoms with van der Waals surface area (Å²) in [6, 6.07) is 20.4. The van der Waals surface area contributed by atoms with Crippen molar-refractivity contribution >= 4 is 63.8 Å². The molecule has 5 atom stereocenters. The molecule has 1 saturated heterocycles. The summed E-state index contributed by atoms with van der Waals surface area (Å²) in [5, 5.41) is 12.8. The summed E-state index contributed by atoms with van der Waals surface area (Å²) in [5.41, 5.74) is 10.7. The van der Waals surface area contributed by atoms with Gasteiger partial charge in [0, 0.05) is 60.2 Å². The highest BCUT2D eigenvalue weighted by atomic mass is 35.5. The van der Waals surface area contributed by atoms with Gasteiger partial charge < -0.3 is 19.9 Å². The van der Waals surface area contributed by atoms with Gasteiger partial charge >= 0.3 is 6.09 Å². The van der Waals surface area contributed by atoms with Gasteiger partial charge in [0.05, 0.1) is 5.02 Å². The van der Waals surface area contributed by atoms with E-state index in [-0.39, 0.29) is 23.6 Å². The first-order valence-corrected chi connectivity index (χ1v) is 27.5. The Bertz CT molecular complexity index is 2770. The van der Waals surface area contributed by atoms with E-state index in [0.717, 1.165) is 85.1 Å². The standard InChI is InChI=1S/C61H75ClN6O5/c1-37-31-50(47-25-29-56(63-36-47)66-60(72)73-61(3,4)5)51-35-54(68(6)58(51)64-37)38(2)42-17-19-43(20-18-42)44-21-23-46(24-22-44)55(69)33-41-15-13-40(14-16-41)32-39-9-7-11-45(12-8-10-39)49-27-26-48(34-52(49)62)65-53-28-30-57(70)67-59(53)71/h11,15,21-27,29,31,34-40,42-43,53,64-65H,7-10,12-14,16-20,28,30,32-33H2,1-6H3,(H,63,66,72)(H,67,70,71)/t37?,38-,39?,40?,42?,43?,53?/m1/s1. The van der Waals surface area contributed by atoms with Crippen LogP contribution in [0.4, 0.5) is 22.1 Å². The SMILES string of the molecule is CC1C=C(c2ccc(NC(=O)OC(C)(C)C)nc2)c2cc([C@H](C)C3CCC(c4ccc(C(=O)CC5=CCC(CC6CCC=C(c7ccc(NC8CCC(=O)NC8=O)cc7Cl)CCC6)CC5)cc4)CC3)n(C)c2N1. The van der Waals surface area contributed by atoms with Crippen molar-refractivity contribution in [2.75, 3.05) is 16.0 Å². The van der Waals surface area contributed by atoms with Crippen molar-refractivity contribution in [3.05, 3.63) is 129 Å². The molecule has 3 aliphatic carbocycles. The molecule has 4 unspecified atom stereocenters. The number of rotatable bonds is 13. The topological polar surface area (TPSA) is 143 Å². The van der Waals surface area contributed by atoms with E-state index in [1.165, 1.54) is 60.1 Å².